The van der Waals surface area contributed by atoms with Crippen LogP contribution in [0.2, 0.25) is 0 Å². The van der Waals surface area contributed by atoms with E-state index in [0.717, 1.165) is 37.0 Å². The second-order valence-corrected chi connectivity index (χ2v) is 6.53. The molecule has 1 aliphatic rings. The average Bonchev–Trinajstić information content (AvgIpc) is 2.79. The third kappa shape index (κ3) is 5.01. The molecule has 118 valence electrons. The van der Waals surface area contributed by atoms with Crippen molar-refractivity contribution in [2.75, 3.05) is 6.61 Å². The molecule has 0 bridgehead atoms. The van der Waals surface area contributed by atoms with Crippen molar-refractivity contribution in [2.24, 2.45) is 11.8 Å². The molecule has 1 heterocycles. The Morgan fingerprint density at radius 2 is 2.10 bits per heavy atom. The summed E-state index contributed by atoms with van der Waals surface area (Å²) in [5, 5.41) is 3.42. The van der Waals surface area contributed by atoms with Crippen LogP contribution in [-0.2, 0) is 17.9 Å². The minimum Gasteiger partial charge on any atom is -0.464 e. The largest absolute Gasteiger partial charge is 0.464 e. The number of nitrogens with one attached hydrogen (secondary N) is 1. The molecule has 0 amide bonds. The molecule has 0 saturated carbocycles. The molecule has 2 unspecified atom stereocenters. The Morgan fingerprint density at radius 3 is 2.81 bits per heavy atom. The minimum absolute atomic E-state index is 0.486. The van der Waals surface area contributed by atoms with Gasteiger partial charge in [-0.3, -0.25) is 0 Å². The summed E-state index contributed by atoms with van der Waals surface area (Å²) >= 11 is 0. The number of hydrogen-bond acceptors (Lipinski definition) is 3. The van der Waals surface area contributed by atoms with Crippen LogP contribution in [0.5, 0.6) is 0 Å². The van der Waals surface area contributed by atoms with E-state index < -0.39 is 0 Å². The van der Waals surface area contributed by atoms with Gasteiger partial charge in [0, 0.05) is 18.2 Å². The maximum Gasteiger partial charge on any atom is 0.130 e. The lowest BCUT2D eigenvalue weighted by atomic mass is 9.85. The molecular weight excluding hydrogens is 262 g/mol. The lowest BCUT2D eigenvalue weighted by Crippen LogP contribution is -2.21. The van der Waals surface area contributed by atoms with Crippen molar-refractivity contribution >= 4 is 0 Å². The Kier molecular flexibility index (Phi) is 6.07. The number of furan rings is 1. The molecule has 1 aromatic rings. The van der Waals surface area contributed by atoms with Crippen molar-refractivity contribution < 1.29 is 9.15 Å². The summed E-state index contributed by atoms with van der Waals surface area (Å²) in [7, 11) is 0. The van der Waals surface area contributed by atoms with Crippen LogP contribution in [0.1, 0.15) is 50.7 Å². The lowest BCUT2D eigenvalue weighted by Gasteiger charge is -2.24. The zero-order valence-electron chi connectivity index (χ0n) is 13.8. The molecule has 21 heavy (non-hydrogen) atoms. The summed E-state index contributed by atoms with van der Waals surface area (Å²) in [6, 6.07) is 2.61. The summed E-state index contributed by atoms with van der Waals surface area (Å²) in [5.74, 6) is 3.30. The topological polar surface area (TPSA) is 34.4 Å². The molecule has 2 atom stereocenters. The molecule has 0 aliphatic heterocycles. The van der Waals surface area contributed by atoms with E-state index in [-0.39, 0.29) is 0 Å². The van der Waals surface area contributed by atoms with Crippen LogP contribution in [0, 0.1) is 18.8 Å². The van der Waals surface area contributed by atoms with Crippen LogP contribution in [-0.4, -0.2) is 12.6 Å². The van der Waals surface area contributed by atoms with Gasteiger partial charge in [-0.15, -0.1) is 0 Å². The molecule has 0 spiro atoms. The number of hydrogen-bond donors (Lipinski definition) is 1. The molecule has 2 rings (SSSR count). The smallest absolute Gasteiger partial charge is 0.130 e. The third-order valence-electron chi connectivity index (χ3n) is 4.27. The van der Waals surface area contributed by atoms with Crippen molar-refractivity contribution in [3.8, 4) is 0 Å². The average molecular weight is 291 g/mol. The first-order valence-corrected chi connectivity index (χ1v) is 8.10. The van der Waals surface area contributed by atoms with Crippen LogP contribution < -0.4 is 5.32 Å². The van der Waals surface area contributed by atoms with Crippen LogP contribution in [0.4, 0.5) is 0 Å². The second kappa shape index (κ2) is 7.81. The number of aryl methyl sites for hydroxylation is 1. The molecule has 0 aromatic carbocycles. The summed E-state index contributed by atoms with van der Waals surface area (Å²) in [6.07, 6.45) is 6.88. The van der Waals surface area contributed by atoms with Gasteiger partial charge in [-0.25, -0.2) is 0 Å². The Hall–Kier alpha value is -1.06. The summed E-state index contributed by atoms with van der Waals surface area (Å²) in [6.45, 7) is 10.9. The fraction of sp³-hybridized carbons (Fsp3) is 0.667. The van der Waals surface area contributed by atoms with Crippen LogP contribution in [0.15, 0.2) is 22.6 Å². The van der Waals surface area contributed by atoms with Crippen LogP contribution >= 0.6 is 0 Å². The quantitative estimate of drug-likeness (QED) is 0.764. The summed E-state index contributed by atoms with van der Waals surface area (Å²) < 4.78 is 11.7. The molecule has 3 nitrogen and oxygen atoms in total. The van der Waals surface area contributed by atoms with E-state index in [4.69, 9.17) is 9.15 Å². The van der Waals surface area contributed by atoms with E-state index in [1.54, 1.807) is 0 Å². The Balaban J connectivity index is 1.78. The summed E-state index contributed by atoms with van der Waals surface area (Å²) in [4.78, 5) is 0. The molecule has 1 aliphatic carbocycles. The van der Waals surface area contributed by atoms with Gasteiger partial charge in [-0.2, -0.15) is 0 Å². The lowest BCUT2D eigenvalue weighted by molar-refractivity contribution is 0.0579. The SMILES string of the molecule is Cc1oc(COCC2CC=CCC2C)cc1CNC(C)C. The maximum atomic E-state index is 5.88. The molecule has 3 heteroatoms. The van der Waals surface area contributed by atoms with Crippen molar-refractivity contribution in [1.82, 2.24) is 5.32 Å². The highest BCUT2D eigenvalue weighted by Crippen LogP contribution is 2.25. The van der Waals surface area contributed by atoms with Crippen molar-refractivity contribution in [1.29, 1.82) is 0 Å². The Labute approximate surface area is 128 Å². The third-order valence-corrected chi connectivity index (χ3v) is 4.27. The van der Waals surface area contributed by atoms with Gasteiger partial charge in [-0.1, -0.05) is 32.9 Å². The first-order chi connectivity index (χ1) is 10.1. The molecule has 0 fully saturated rings. The first-order valence-electron chi connectivity index (χ1n) is 8.10. The fourth-order valence-electron chi connectivity index (χ4n) is 2.70. The van der Waals surface area contributed by atoms with Gasteiger partial charge in [0.05, 0.1) is 6.61 Å². The standard InChI is InChI=1S/C18H29NO2/c1-13(2)19-10-17-9-18(21-15(17)4)12-20-11-16-8-6-5-7-14(16)3/h5-6,9,13-14,16,19H,7-8,10-12H2,1-4H3. The molecular formula is C18H29NO2. The van der Waals surface area contributed by atoms with Gasteiger partial charge in [-0.05, 0) is 37.7 Å². The van der Waals surface area contributed by atoms with Gasteiger partial charge >= 0.3 is 0 Å². The highest BCUT2D eigenvalue weighted by Gasteiger charge is 2.18. The zero-order chi connectivity index (χ0) is 15.2. The van der Waals surface area contributed by atoms with Gasteiger partial charge in [0.1, 0.15) is 18.1 Å². The number of allylic oxidation sites excluding steroid dienone is 2. The molecule has 0 saturated heterocycles. The van der Waals surface area contributed by atoms with E-state index in [2.05, 4.69) is 44.3 Å². The van der Waals surface area contributed by atoms with E-state index in [9.17, 15) is 0 Å². The molecule has 0 radical (unpaired) electrons. The van der Waals surface area contributed by atoms with E-state index in [1.807, 2.05) is 6.92 Å². The van der Waals surface area contributed by atoms with Crippen molar-refractivity contribution in [3.63, 3.8) is 0 Å². The predicted octanol–water partition coefficient (Wildman–Crippen LogP) is 4.20. The normalized spacial score (nSPS) is 22.1. The Morgan fingerprint density at radius 1 is 1.33 bits per heavy atom. The fourth-order valence-corrected chi connectivity index (χ4v) is 2.70. The van der Waals surface area contributed by atoms with Crippen LogP contribution in [0.3, 0.4) is 0 Å². The first kappa shape index (κ1) is 16.3. The van der Waals surface area contributed by atoms with E-state index >= 15 is 0 Å². The highest BCUT2D eigenvalue weighted by molar-refractivity contribution is 5.20. The molecule has 1 N–H and O–H groups in total. The molecule has 1 aromatic heterocycles. The van der Waals surface area contributed by atoms with Gasteiger partial charge < -0.3 is 14.5 Å². The second-order valence-electron chi connectivity index (χ2n) is 6.53. The maximum absolute atomic E-state index is 5.88. The highest BCUT2D eigenvalue weighted by atomic mass is 16.5. The number of rotatable bonds is 7. The van der Waals surface area contributed by atoms with Crippen LogP contribution in [0.25, 0.3) is 0 Å². The number of ether oxygens (including phenoxy) is 1. The van der Waals surface area contributed by atoms with Gasteiger partial charge in [0.25, 0.3) is 0 Å². The summed E-state index contributed by atoms with van der Waals surface area (Å²) in [5.41, 5.74) is 1.23. The van der Waals surface area contributed by atoms with Crippen molar-refractivity contribution in [2.45, 2.75) is 59.7 Å². The van der Waals surface area contributed by atoms with Gasteiger partial charge in [0.15, 0.2) is 0 Å². The zero-order valence-corrected chi connectivity index (χ0v) is 13.8. The van der Waals surface area contributed by atoms with E-state index in [0.29, 0.717) is 18.6 Å². The monoisotopic (exact) mass is 291 g/mol. The van der Waals surface area contributed by atoms with E-state index in [1.165, 1.54) is 12.0 Å². The minimum atomic E-state index is 0.486. The predicted molar refractivity (Wildman–Crippen MR) is 86.1 cm³/mol. The van der Waals surface area contributed by atoms with Gasteiger partial charge in [0.2, 0.25) is 0 Å². The van der Waals surface area contributed by atoms with Crippen molar-refractivity contribution in [3.05, 3.63) is 35.3 Å². The Bertz CT molecular complexity index is 462.